The van der Waals surface area contributed by atoms with Gasteiger partial charge in [-0.15, -0.1) is 0 Å². The summed E-state index contributed by atoms with van der Waals surface area (Å²) in [6, 6.07) is 15.9. The molecule has 3 rings (SSSR count). The number of methoxy groups -OCH3 is 1. The number of hydrogen-bond acceptors (Lipinski definition) is 4. The molecule has 6 heteroatoms. The average molecular weight is 416 g/mol. The zero-order valence-electron chi connectivity index (χ0n) is 17.5. The molecule has 2 aromatic rings. The van der Waals surface area contributed by atoms with E-state index in [4.69, 9.17) is 16.3 Å². The molecule has 2 aromatic carbocycles. The molecule has 0 aromatic heterocycles. The van der Waals surface area contributed by atoms with Crippen LogP contribution in [-0.2, 0) is 4.79 Å². The molecule has 0 aliphatic carbocycles. The number of carbonyl (C=O) groups is 1. The number of nitrogens with zero attached hydrogens (tertiary/aromatic N) is 3. The third kappa shape index (κ3) is 5.64. The summed E-state index contributed by atoms with van der Waals surface area (Å²) in [6.45, 7) is 6.21. The first-order chi connectivity index (χ1) is 14.0. The number of carbonyl (C=O) groups excluding carboxylic acids is 1. The van der Waals surface area contributed by atoms with Crippen LogP contribution in [0.2, 0.25) is 5.02 Å². The number of hydrogen-bond donors (Lipinski definition) is 0. The standard InChI is InChI=1S/C23H30ClN3O2/c1-18(19-5-7-20(24)8-6-19)25(2)23(28)17-26-13-4-14-27(16-15-26)21-9-11-22(29-3)12-10-21/h5-12,18H,4,13-17H2,1-3H3. The van der Waals surface area contributed by atoms with Gasteiger partial charge < -0.3 is 14.5 Å². The fourth-order valence-corrected chi connectivity index (χ4v) is 3.79. The van der Waals surface area contributed by atoms with E-state index >= 15 is 0 Å². The molecular formula is C23H30ClN3O2. The van der Waals surface area contributed by atoms with Gasteiger partial charge in [-0.2, -0.15) is 0 Å². The quantitative estimate of drug-likeness (QED) is 0.712. The fraction of sp³-hybridized carbons (Fsp3) is 0.435. The van der Waals surface area contributed by atoms with Crippen molar-refractivity contribution in [1.82, 2.24) is 9.80 Å². The number of likely N-dealkylation sites (N-methyl/N-ethyl adjacent to an activating group) is 1. The monoisotopic (exact) mass is 415 g/mol. The molecule has 0 spiro atoms. The van der Waals surface area contributed by atoms with E-state index in [9.17, 15) is 4.79 Å². The first-order valence-electron chi connectivity index (χ1n) is 10.1. The van der Waals surface area contributed by atoms with Crippen LogP contribution in [0.3, 0.4) is 0 Å². The lowest BCUT2D eigenvalue weighted by Gasteiger charge is -2.29. The van der Waals surface area contributed by atoms with E-state index < -0.39 is 0 Å². The molecule has 1 amide bonds. The van der Waals surface area contributed by atoms with Gasteiger partial charge in [-0.05, 0) is 55.3 Å². The first kappa shape index (κ1) is 21.5. The van der Waals surface area contributed by atoms with Crippen LogP contribution < -0.4 is 9.64 Å². The largest absolute Gasteiger partial charge is 0.497 e. The molecule has 0 radical (unpaired) electrons. The Morgan fingerprint density at radius 1 is 1.07 bits per heavy atom. The van der Waals surface area contributed by atoms with Crippen LogP contribution in [0.15, 0.2) is 48.5 Å². The van der Waals surface area contributed by atoms with Gasteiger partial charge in [0.15, 0.2) is 0 Å². The maximum Gasteiger partial charge on any atom is 0.236 e. The van der Waals surface area contributed by atoms with Gasteiger partial charge in [0.05, 0.1) is 19.7 Å². The van der Waals surface area contributed by atoms with Crippen molar-refractivity contribution in [2.45, 2.75) is 19.4 Å². The zero-order chi connectivity index (χ0) is 20.8. The molecule has 1 atom stereocenters. The second-order valence-electron chi connectivity index (χ2n) is 7.55. The lowest BCUT2D eigenvalue weighted by molar-refractivity contribution is -0.133. The van der Waals surface area contributed by atoms with E-state index in [2.05, 4.69) is 28.9 Å². The Labute approximate surface area is 178 Å². The molecule has 0 bridgehead atoms. The molecular weight excluding hydrogens is 386 g/mol. The lowest BCUT2D eigenvalue weighted by atomic mass is 10.1. The van der Waals surface area contributed by atoms with Gasteiger partial charge in [0.25, 0.3) is 0 Å². The number of anilines is 1. The number of ether oxygens (including phenoxy) is 1. The van der Waals surface area contributed by atoms with E-state index in [1.54, 1.807) is 7.11 Å². The minimum absolute atomic E-state index is 0.0162. The van der Waals surface area contributed by atoms with Crippen molar-refractivity contribution in [2.75, 3.05) is 51.8 Å². The van der Waals surface area contributed by atoms with Crippen molar-refractivity contribution in [3.8, 4) is 5.75 Å². The highest BCUT2D eigenvalue weighted by molar-refractivity contribution is 6.30. The summed E-state index contributed by atoms with van der Waals surface area (Å²) < 4.78 is 5.25. The third-order valence-corrected chi connectivity index (χ3v) is 5.96. The van der Waals surface area contributed by atoms with E-state index in [1.165, 1.54) is 5.69 Å². The topological polar surface area (TPSA) is 36.0 Å². The number of benzene rings is 2. The molecule has 0 N–H and O–H groups in total. The summed E-state index contributed by atoms with van der Waals surface area (Å²) in [4.78, 5) is 19.3. The van der Waals surface area contributed by atoms with E-state index in [1.807, 2.05) is 48.3 Å². The summed E-state index contributed by atoms with van der Waals surface area (Å²) >= 11 is 5.98. The second-order valence-corrected chi connectivity index (χ2v) is 7.98. The number of amides is 1. The van der Waals surface area contributed by atoms with E-state index in [0.29, 0.717) is 11.6 Å². The summed E-state index contributed by atoms with van der Waals surface area (Å²) in [5, 5.41) is 0.709. The van der Waals surface area contributed by atoms with Crippen LogP contribution in [0, 0.1) is 0 Å². The van der Waals surface area contributed by atoms with Crippen molar-refractivity contribution >= 4 is 23.2 Å². The third-order valence-electron chi connectivity index (χ3n) is 5.71. The van der Waals surface area contributed by atoms with Gasteiger partial charge in [-0.3, -0.25) is 9.69 Å². The maximum atomic E-state index is 12.9. The van der Waals surface area contributed by atoms with Crippen molar-refractivity contribution in [2.24, 2.45) is 0 Å². The van der Waals surface area contributed by atoms with Crippen LogP contribution in [0.25, 0.3) is 0 Å². The highest BCUT2D eigenvalue weighted by Crippen LogP contribution is 2.22. The van der Waals surface area contributed by atoms with Gasteiger partial charge in [-0.25, -0.2) is 0 Å². The van der Waals surface area contributed by atoms with Crippen molar-refractivity contribution in [1.29, 1.82) is 0 Å². The Morgan fingerprint density at radius 3 is 2.41 bits per heavy atom. The van der Waals surface area contributed by atoms with Crippen LogP contribution >= 0.6 is 11.6 Å². The molecule has 1 unspecified atom stereocenters. The average Bonchev–Trinajstić information content (AvgIpc) is 2.99. The first-order valence-corrected chi connectivity index (χ1v) is 10.5. The molecule has 1 aliphatic heterocycles. The summed E-state index contributed by atoms with van der Waals surface area (Å²) in [6.07, 6.45) is 1.04. The van der Waals surface area contributed by atoms with Gasteiger partial charge in [0.2, 0.25) is 5.91 Å². The Balaban J connectivity index is 1.54. The normalized spacial score (nSPS) is 16.2. The van der Waals surface area contributed by atoms with E-state index in [0.717, 1.165) is 43.9 Å². The van der Waals surface area contributed by atoms with Crippen molar-refractivity contribution in [3.05, 3.63) is 59.1 Å². The highest BCUT2D eigenvalue weighted by atomic mass is 35.5. The van der Waals surface area contributed by atoms with Crippen LogP contribution in [-0.4, -0.2) is 62.6 Å². The Morgan fingerprint density at radius 2 is 1.76 bits per heavy atom. The number of rotatable bonds is 6. The molecule has 5 nitrogen and oxygen atoms in total. The molecule has 1 saturated heterocycles. The minimum atomic E-state index is 0.0162. The van der Waals surface area contributed by atoms with Crippen molar-refractivity contribution < 1.29 is 9.53 Å². The smallest absolute Gasteiger partial charge is 0.236 e. The van der Waals surface area contributed by atoms with Gasteiger partial charge in [-0.1, -0.05) is 23.7 Å². The van der Waals surface area contributed by atoms with Gasteiger partial charge in [0, 0.05) is 43.9 Å². The highest BCUT2D eigenvalue weighted by Gasteiger charge is 2.22. The molecule has 29 heavy (non-hydrogen) atoms. The Bertz CT molecular complexity index is 795. The summed E-state index contributed by atoms with van der Waals surface area (Å²) in [7, 11) is 3.56. The van der Waals surface area contributed by atoms with Crippen LogP contribution in [0.1, 0.15) is 24.9 Å². The summed E-state index contributed by atoms with van der Waals surface area (Å²) in [5.74, 6) is 1.01. The molecule has 0 saturated carbocycles. The fourth-order valence-electron chi connectivity index (χ4n) is 3.66. The second kappa shape index (κ2) is 9.99. The SMILES string of the molecule is COc1ccc(N2CCCN(CC(=O)N(C)C(C)c3ccc(Cl)cc3)CC2)cc1. The lowest BCUT2D eigenvalue weighted by Crippen LogP contribution is -2.41. The van der Waals surface area contributed by atoms with Crippen LogP contribution in [0.4, 0.5) is 5.69 Å². The predicted octanol–water partition coefficient (Wildman–Crippen LogP) is 4.08. The number of halogens is 1. The maximum absolute atomic E-state index is 12.9. The van der Waals surface area contributed by atoms with Gasteiger partial charge in [0.1, 0.15) is 5.75 Å². The Kier molecular flexibility index (Phi) is 7.40. The predicted molar refractivity (Wildman–Crippen MR) is 119 cm³/mol. The molecule has 156 valence electrons. The molecule has 1 fully saturated rings. The van der Waals surface area contributed by atoms with Crippen LogP contribution in [0.5, 0.6) is 5.75 Å². The van der Waals surface area contributed by atoms with Gasteiger partial charge >= 0.3 is 0 Å². The van der Waals surface area contributed by atoms with E-state index in [-0.39, 0.29) is 11.9 Å². The summed E-state index contributed by atoms with van der Waals surface area (Å²) in [5.41, 5.74) is 2.29. The Hall–Kier alpha value is -2.24. The van der Waals surface area contributed by atoms with Crippen molar-refractivity contribution in [3.63, 3.8) is 0 Å². The minimum Gasteiger partial charge on any atom is -0.497 e. The molecule has 1 heterocycles. The molecule has 1 aliphatic rings. The zero-order valence-corrected chi connectivity index (χ0v) is 18.2.